The molecule has 0 amide bonds. The van der Waals surface area contributed by atoms with Crippen molar-refractivity contribution in [3.63, 3.8) is 0 Å². The number of nitrogens with two attached hydrogens (primary N) is 1. The van der Waals surface area contributed by atoms with E-state index < -0.39 is 0 Å². The Balaban J connectivity index is 2.83. The molecule has 0 atom stereocenters. The quantitative estimate of drug-likeness (QED) is 0.295. The Morgan fingerprint density at radius 2 is 2.50 bits per heavy atom. The third-order valence-corrected chi connectivity index (χ3v) is 0.454. The van der Waals surface area contributed by atoms with Crippen molar-refractivity contribution < 1.29 is 4.74 Å². The lowest BCUT2D eigenvalue weighted by molar-refractivity contribution is 0.335. The predicted molar refractivity (Wildman–Crippen MR) is 31.7 cm³/mol. The standard InChI is InChI=1S/C2H5NOS2/c3-1-4-2(5)6/h1,3H2,(H,5,6). The molecule has 0 saturated carbocycles. The average Bonchev–Trinajstić information content (AvgIpc) is 1.35. The molecule has 2 nitrogen and oxygen atoms in total. The van der Waals surface area contributed by atoms with Gasteiger partial charge in [-0.1, -0.05) is 12.6 Å². The van der Waals surface area contributed by atoms with Crippen LogP contribution in [0, 0.1) is 0 Å². The topological polar surface area (TPSA) is 35.2 Å². The molecule has 0 aliphatic heterocycles. The second kappa shape index (κ2) is 3.39. The van der Waals surface area contributed by atoms with E-state index in [2.05, 4.69) is 29.6 Å². The summed E-state index contributed by atoms with van der Waals surface area (Å²) in [4.78, 5) is 0. The molecule has 0 radical (unpaired) electrons. The average molecular weight is 123 g/mol. The maximum atomic E-state index is 4.87. The molecule has 0 fully saturated rings. The van der Waals surface area contributed by atoms with Gasteiger partial charge in [-0.25, -0.2) is 0 Å². The van der Waals surface area contributed by atoms with Crippen LogP contribution in [0.25, 0.3) is 0 Å². The van der Waals surface area contributed by atoms with Crippen molar-refractivity contribution in [1.82, 2.24) is 0 Å². The van der Waals surface area contributed by atoms with Crippen LogP contribution >= 0.6 is 24.8 Å². The smallest absolute Gasteiger partial charge is 0.218 e. The third kappa shape index (κ3) is 4.20. The predicted octanol–water partition coefficient (Wildman–Crippen LogP) is 0.134. The maximum Gasteiger partial charge on any atom is 0.218 e. The van der Waals surface area contributed by atoms with Gasteiger partial charge < -0.3 is 4.74 Å². The van der Waals surface area contributed by atoms with Gasteiger partial charge in [0.1, 0.15) is 6.73 Å². The van der Waals surface area contributed by atoms with Crippen molar-refractivity contribution in [3.8, 4) is 0 Å². The lowest BCUT2D eigenvalue weighted by Gasteiger charge is -1.92. The van der Waals surface area contributed by atoms with E-state index in [0.717, 1.165) is 0 Å². The van der Waals surface area contributed by atoms with Gasteiger partial charge in [0, 0.05) is 0 Å². The minimum atomic E-state index is 0.113. The highest BCUT2D eigenvalue weighted by molar-refractivity contribution is 8.10. The molecule has 0 aromatic heterocycles. The Labute approximate surface area is 47.1 Å². The van der Waals surface area contributed by atoms with Crippen molar-refractivity contribution in [3.05, 3.63) is 0 Å². The molecule has 0 spiro atoms. The van der Waals surface area contributed by atoms with Crippen LogP contribution in [0.1, 0.15) is 0 Å². The Hall–Kier alpha value is 0.200. The lowest BCUT2D eigenvalue weighted by atomic mass is 11.3. The van der Waals surface area contributed by atoms with Crippen molar-refractivity contribution in [1.29, 1.82) is 0 Å². The number of ether oxygens (including phenoxy) is 1. The highest BCUT2D eigenvalue weighted by Crippen LogP contribution is 1.81. The first kappa shape index (κ1) is 6.20. The molecule has 36 valence electrons. The number of hydrogen-bond donors (Lipinski definition) is 2. The number of thiol groups is 1. The minimum Gasteiger partial charge on any atom is -0.463 e. The van der Waals surface area contributed by atoms with Gasteiger partial charge in [-0.2, -0.15) is 0 Å². The molecule has 0 unspecified atom stereocenters. The van der Waals surface area contributed by atoms with Gasteiger partial charge in [-0.3, -0.25) is 5.73 Å². The van der Waals surface area contributed by atoms with Crippen LogP contribution in [0.5, 0.6) is 0 Å². The second-order valence-electron chi connectivity index (χ2n) is 0.577. The summed E-state index contributed by atoms with van der Waals surface area (Å²) < 4.78 is 4.61. The highest BCUT2D eigenvalue weighted by atomic mass is 32.1. The van der Waals surface area contributed by atoms with Crippen LogP contribution in [0.2, 0.25) is 0 Å². The molecule has 0 aromatic carbocycles. The summed E-state index contributed by atoms with van der Waals surface area (Å²) in [7, 11) is 0. The zero-order chi connectivity index (χ0) is 4.99. The van der Waals surface area contributed by atoms with Crippen molar-refractivity contribution >= 4 is 29.2 Å². The van der Waals surface area contributed by atoms with Crippen LogP contribution < -0.4 is 5.73 Å². The van der Waals surface area contributed by atoms with Crippen LogP contribution in [0.15, 0.2) is 0 Å². The van der Waals surface area contributed by atoms with E-state index >= 15 is 0 Å². The lowest BCUT2D eigenvalue weighted by Crippen LogP contribution is -2.05. The SMILES string of the molecule is NCOC(=S)S. The zero-order valence-corrected chi connectivity index (χ0v) is 4.76. The fourth-order valence-electron chi connectivity index (χ4n) is 0.0713. The maximum absolute atomic E-state index is 4.87. The van der Waals surface area contributed by atoms with E-state index in [9.17, 15) is 0 Å². The van der Waals surface area contributed by atoms with Gasteiger partial charge in [-0.05, 0) is 12.2 Å². The van der Waals surface area contributed by atoms with Gasteiger partial charge in [0.25, 0.3) is 0 Å². The van der Waals surface area contributed by atoms with Gasteiger partial charge >= 0.3 is 0 Å². The van der Waals surface area contributed by atoms with E-state index in [1.165, 1.54) is 0 Å². The number of hydrogen-bond acceptors (Lipinski definition) is 3. The zero-order valence-electron chi connectivity index (χ0n) is 3.05. The summed E-state index contributed by atoms with van der Waals surface area (Å²) in [5, 5.41) is 0. The Morgan fingerprint density at radius 1 is 2.00 bits per heavy atom. The van der Waals surface area contributed by atoms with Crippen molar-refractivity contribution in [2.24, 2.45) is 5.73 Å². The largest absolute Gasteiger partial charge is 0.463 e. The van der Waals surface area contributed by atoms with E-state index in [1.807, 2.05) is 0 Å². The van der Waals surface area contributed by atoms with Crippen LogP contribution in [-0.2, 0) is 4.74 Å². The first-order valence-electron chi connectivity index (χ1n) is 1.33. The molecule has 0 heterocycles. The van der Waals surface area contributed by atoms with Gasteiger partial charge in [0.2, 0.25) is 4.38 Å². The van der Waals surface area contributed by atoms with Gasteiger partial charge in [0.15, 0.2) is 0 Å². The molecule has 4 heteroatoms. The van der Waals surface area contributed by atoms with Gasteiger partial charge in [0.05, 0.1) is 0 Å². The molecule has 0 aromatic rings. The van der Waals surface area contributed by atoms with E-state index in [0.29, 0.717) is 0 Å². The molecule has 0 saturated heterocycles. The molecule has 6 heavy (non-hydrogen) atoms. The Morgan fingerprint density at radius 3 is 2.50 bits per heavy atom. The Kier molecular flexibility index (Phi) is 3.51. The van der Waals surface area contributed by atoms with Crippen LogP contribution in [-0.4, -0.2) is 11.1 Å². The first-order valence-corrected chi connectivity index (χ1v) is 2.18. The monoisotopic (exact) mass is 123 g/mol. The summed E-state index contributed by atoms with van der Waals surface area (Å²) in [5.74, 6) is 0. The minimum absolute atomic E-state index is 0.113. The molecular weight excluding hydrogens is 118 g/mol. The number of rotatable bonds is 1. The highest BCUT2D eigenvalue weighted by Gasteiger charge is 1.77. The molecule has 0 aliphatic rings. The first-order chi connectivity index (χ1) is 2.77. The van der Waals surface area contributed by atoms with Crippen molar-refractivity contribution in [2.75, 3.05) is 6.73 Å². The normalized spacial score (nSPS) is 7.67. The molecular formula is C2H5NOS2. The number of thiocarbonyl (C=S) groups is 1. The molecule has 0 bridgehead atoms. The van der Waals surface area contributed by atoms with E-state index in [1.54, 1.807) is 0 Å². The van der Waals surface area contributed by atoms with E-state index in [4.69, 9.17) is 5.73 Å². The van der Waals surface area contributed by atoms with Crippen LogP contribution in [0.3, 0.4) is 0 Å². The van der Waals surface area contributed by atoms with Gasteiger partial charge in [-0.15, -0.1) is 0 Å². The summed E-state index contributed by atoms with van der Waals surface area (Å²) in [6, 6.07) is 0. The molecule has 0 aliphatic carbocycles. The Bertz CT molecular complexity index is 55.5. The summed E-state index contributed by atoms with van der Waals surface area (Å²) >= 11 is 7.96. The van der Waals surface area contributed by atoms with Crippen molar-refractivity contribution in [2.45, 2.75) is 0 Å². The molecule has 2 N–H and O–H groups in total. The fourth-order valence-corrected chi connectivity index (χ4v) is 0.214. The summed E-state index contributed by atoms with van der Waals surface area (Å²) in [5.41, 5.74) is 4.87. The van der Waals surface area contributed by atoms with E-state index in [-0.39, 0.29) is 11.1 Å². The van der Waals surface area contributed by atoms with Crippen LogP contribution in [0.4, 0.5) is 0 Å². The molecule has 0 rings (SSSR count). The fraction of sp³-hybridized carbons (Fsp3) is 0.500. The second-order valence-corrected chi connectivity index (χ2v) is 1.66. The summed E-state index contributed by atoms with van der Waals surface area (Å²) in [6.45, 7) is 0.113. The third-order valence-electron chi connectivity index (χ3n) is 0.207. The summed E-state index contributed by atoms with van der Waals surface area (Å²) in [6.07, 6.45) is 0.